The number of anilines is 1. The van der Waals surface area contributed by atoms with Gasteiger partial charge in [-0.3, -0.25) is 14.4 Å². The van der Waals surface area contributed by atoms with E-state index in [1.807, 2.05) is 0 Å². The van der Waals surface area contributed by atoms with Crippen LogP contribution in [-0.4, -0.2) is 89.5 Å². The molecule has 3 aromatic rings. The summed E-state index contributed by atoms with van der Waals surface area (Å²) in [4.78, 5) is 39.5. The van der Waals surface area contributed by atoms with E-state index in [4.69, 9.17) is 19.9 Å². The van der Waals surface area contributed by atoms with Gasteiger partial charge >= 0.3 is 22.4 Å². The Kier molecular flexibility index (Phi) is 12.0. The van der Waals surface area contributed by atoms with Gasteiger partial charge in [0.1, 0.15) is 16.2 Å². The van der Waals surface area contributed by atoms with Gasteiger partial charge < -0.3 is 10.4 Å². The van der Waals surface area contributed by atoms with Gasteiger partial charge in [0.05, 0.1) is 6.04 Å². The summed E-state index contributed by atoms with van der Waals surface area (Å²) < 4.78 is 59.7. The molecule has 5 rings (SSSR count). The summed E-state index contributed by atoms with van der Waals surface area (Å²) in [6.07, 6.45) is 5.65. The molecule has 0 saturated carbocycles. The fourth-order valence-corrected chi connectivity index (χ4v) is 6.90. The molecule has 4 heterocycles. The first-order valence-electron chi connectivity index (χ1n) is 15.8. The number of pyridine rings is 2. The maximum absolute atomic E-state index is 13.6. The van der Waals surface area contributed by atoms with Crippen molar-refractivity contribution in [2.75, 3.05) is 38.5 Å². The molecule has 0 bridgehead atoms. The number of hydrogen-bond acceptors (Lipinski definition) is 9. The molecule has 0 spiro atoms. The summed E-state index contributed by atoms with van der Waals surface area (Å²) in [7, 11) is -0.765. The molecule has 0 saturated heterocycles. The third-order valence-corrected chi connectivity index (χ3v) is 10.9. The van der Waals surface area contributed by atoms with E-state index in [1.54, 1.807) is 18.3 Å². The summed E-state index contributed by atoms with van der Waals surface area (Å²) >= 11 is 1.33. The minimum atomic E-state index is -5.08. The summed E-state index contributed by atoms with van der Waals surface area (Å²) in [6.45, 7) is 9.55. The van der Waals surface area contributed by atoms with Crippen LogP contribution in [0.1, 0.15) is 72.7 Å². The molecular formula is C32H42F3N7O5S2. The number of hydrogen-bond donors (Lipinski definition) is 3. The SMILES string of the molecule is CN(C)S(=O)(=O)Nc1ccc([C@@H](CCN2CC=CCC2)NC(=O)c2nc3cc4c(nc3s2)CC[C@H](C(C)(C)C)C4)cn1.O=C(O)C(F)(F)F. The first kappa shape index (κ1) is 38.1. The topological polar surface area (TPSA) is 158 Å². The van der Waals surface area contributed by atoms with Gasteiger partial charge in [-0.05, 0) is 66.7 Å². The van der Waals surface area contributed by atoms with Gasteiger partial charge in [0.2, 0.25) is 0 Å². The lowest BCUT2D eigenvalue weighted by molar-refractivity contribution is -0.192. The predicted octanol–water partition coefficient (Wildman–Crippen LogP) is 5.21. The smallest absolute Gasteiger partial charge is 0.475 e. The number of carboxylic acid groups (broad SMARTS) is 1. The second kappa shape index (κ2) is 15.5. The summed E-state index contributed by atoms with van der Waals surface area (Å²) in [5.41, 5.74) is 4.18. The molecule has 49 heavy (non-hydrogen) atoms. The van der Waals surface area contributed by atoms with Gasteiger partial charge in [-0.1, -0.05) is 50.3 Å². The number of carbonyl (C=O) groups is 2. The van der Waals surface area contributed by atoms with Crippen LogP contribution in [0.2, 0.25) is 0 Å². The number of aromatic nitrogens is 3. The largest absolute Gasteiger partial charge is 0.490 e. The number of aryl methyl sites for hydroxylation is 1. The monoisotopic (exact) mass is 725 g/mol. The minimum absolute atomic E-state index is 0.216. The second-order valence-corrected chi connectivity index (χ2v) is 16.1. The van der Waals surface area contributed by atoms with Crippen LogP contribution in [0.15, 0.2) is 36.5 Å². The third-order valence-electron chi connectivity index (χ3n) is 8.49. The summed E-state index contributed by atoms with van der Waals surface area (Å²) in [5.74, 6) is -2.19. The fourth-order valence-electron chi connectivity index (χ4n) is 5.49. The van der Waals surface area contributed by atoms with Crippen LogP contribution >= 0.6 is 11.3 Å². The Hall–Kier alpha value is -3.67. The molecule has 268 valence electrons. The van der Waals surface area contributed by atoms with E-state index in [-0.39, 0.29) is 23.2 Å². The number of thiazole rings is 1. The van der Waals surface area contributed by atoms with E-state index in [0.717, 1.165) is 71.2 Å². The lowest BCUT2D eigenvalue weighted by Crippen LogP contribution is -2.34. The van der Waals surface area contributed by atoms with Crippen molar-refractivity contribution in [3.63, 3.8) is 0 Å². The van der Waals surface area contributed by atoms with E-state index in [1.165, 1.54) is 31.0 Å². The molecule has 3 aromatic heterocycles. The fraction of sp³-hybridized carbons (Fsp3) is 0.531. The third kappa shape index (κ3) is 10.4. The van der Waals surface area contributed by atoms with E-state index in [2.05, 4.69) is 58.9 Å². The van der Waals surface area contributed by atoms with Gasteiger partial charge in [0.25, 0.3) is 5.91 Å². The van der Waals surface area contributed by atoms with Gasteiger partial charge in [-0.25, -0.2) is 19.7 Å². The molecule has 1 aliphatic heterocycles. The van der Waals surface area contributed by atoms with Crippen LogP contribution in [0.25, 0.3) is 10.3 Å². The van der Waals surface area contributed by atoms with Crippen molar-refractivity contribution < 1.29 is 36.3 Å². The molecule has 1 amide bonds. The number of nitrogens with zero attached hydrogens (tertiary/aromatic N) is 5. The van der Waals surface area contributed by atoms with Crippen molar-refractivity contribution in [1.29, 1.82) is 0 Å². The lowest BCUT2D eigenvalue weighted by atomic mass is 9.71. The number of amides is 1. The van der Waals surface area contributed by atoms with Gasteiger partial charge in [0.15, 0.2) is 5.01 Å². The first-order chi connectivity index (χ1) is 22.8. The molecule has 0 fully saturated rings. The Morgan fingerprint density at radius 2 is 1.88 bits per heavy atom. The van der Waals surface area contributed by atoms with Crippen LogP contribution < -0.4 is 10.0 Å². The molecule has 17 heteroatoms. The number of carbonyl (C=O) groups excluding carboxylic acids is 1. The average molecular weight is 726 g/mol. The van der Waals surface area contributed by atoms with Crippen molar-refractivity contribution in [3.05, 3.63) is 58.4 Å². The molecule has 0 aromatic carbocycles. The molecule has 1 aliphatic carbocycles. The summed E-state index contributed by atoms with van der Waals surface area (Å²) in [6, 6.07) is 5.23. The highest BCUT2D eigenvalue weighted by Gasteiger charge is 2.38. The Bertz CT molecular complexity index is 1770. The Balaban J connectivity index is 0.000000698. The standard InChI is InChI=1S/C30H41N7O3S2.C2HF3O2/c1-30(2,3)22-10-11-23-21(17-22)18-25-28(33-23)41-29(34-25)27(38)32-24(13-16-37-14-7-6-8-15-37)20-9-12-26(31-19-20)35-42(39,40)36(4)5;3-2(4,5)1(6)7/h6-7,9,12,18-19,22,24H,8,10-11,13-17H2,1-5H3,(H,31,35)(H,32,38);(H,6,7)/t22-,24+;/m0./s1. The van der Waals surface area contributed by atoms with Crippen molar-refractivity contribution >= 4 is 49.6 Å². The molecular weight excluding hydrogens is 684 g/mol. The average Bonchev–Trinajstić information content (AvgIpc) is 3.44. The van der Waals surface area contributed by atoms with Crippen LogP contribution in [0.4, 0.5) is 19.0 Å². The molecule has 0 radical (unpaired) electrons. The maximum Gasteiger partial charge on any atom is 0.490 e. The van der Waals surface area contributed by atoms with Gasteiger partial charge in [-0.2, -0.15) is 25.9 Å². The normalized spacial score (nSPS) is 17.6. The van der Waals surface area contributed by atoms with Gasteiger partial charge in [-0.15, -0.1) is 0 Å². The number of fused-ring (bicyclic) bond motifs is 2. The Morgan fingerprint density at radius 3 is 2.45 bits per heavy atom. The van der Waals surface area contributed by atoms with Crippen LogP contribution in [0.5, 0.6) is 0 Å². The summed E-state index contributed by atoms with van der Waals surface area (Å²) in [5, 5.41) is 10.7. The highest BCUT2D eigenvalue weighted by Crippen LogP contribution is 2.38. The quantitative estimate of drug-likeness (QED) is 0.252. The van der Waals surface area contributed by atoms with E-state index in [0.29, 0.717) is 17.3 Å². The van der Waals surface area contributed by atoms with E-state index >= 15 is 0 Å². The Morgan fingerprint density at radius 1 is 1.16 bits per heavy atom. The maximum atomic E-state index is 13.6. The molecule has 2 atom stereocenters. The zero-order valence-corrected chi connectivity index (χ0v) is 29.7. The van der Waals surface area contributed by atoms with E-state index in [9.17, 15) is 26.4 Å². The van der Waals surface area contributed by atoms with Crippen molar-refractivity contribution in [2.45, 2.75) is 65.1 Å². The van der Waals surface area contributed by atoms with Crippen LogP contribution in [0, 0.1) is 11.3 Å². The van der Waals surface area contributed by atoms with Crippen LogP contribution in [-0.2, 0) is 27.8 Å². The molecule has 2 aliphatic rings. The number of carboxylic acids is 1. The first-order valence-corrected chi connectivity index (χ1v) is 18.0. The van der Waals surface area contributed by atoms with Crippen molar-refractivity contribution in [2.24, 2.45) is 11.3 Å². The number of rotatable bonds is 9. The zero-order valence-electron chi connectivity index (χ0n) is 28.0. The number of nitrogens with one attached hydrogen (secondary N) is 2. The van der Waals surface area contributed by atoms with E-state index < -0.39 is 22.4 Å². The highest BCUT2D eigenvalue weighted by molar-refractivity contribution is 7.90. The highest BCUT2D eigenvalue weighted by atomic mass is 32.2. The second-order valence-electron chi connectivity index (χ2n) is 13.3. The number of halogens is 3. The molecule has 0 unspecified atom stereocenters. The molecule has 12 nitrogen and oxygen atoms in total. The van der Waals surface area contributed by atoms with Crippen molar-refractivity contribution in [3.8, 4) is 0 Å². The number of alkyl halides is 3. The molecule has 3 N–H and O–H groups in total. The lowest BCUT2D eigenvalue weighted by Gasteiger charge is -2.34. The predicted molar refractivity (Wildman–Crippen MR) is 182 cm³/mol. The number of aliphatic carboxylic acids is 1. The zero-order chi connectivity index (χ0) is 36.1. The van der Waals surface area contributed by atoms with Crippen LogP contribution in [0.3, 0.4) is 0 Å². The van der Waals surface area contributed by atoms with Crippen molar-refractivity contribution in [1.82, 2.24) is 29.5 Å². The van der Waals surface area contributed by atoms with Gasteiger partial charge in [0, 0.05) is 45.6 Å². The Labute approximate surface area is 288 Å². The minimum Gasteiger partial charge on any atom is -0.475 e.